The zero-order valence-corrected chi connectivity index (χ0v) is 18.5. The lowest BCUT2D eigenvalue weighted by atomic mass is 9.93. The first kappa shape index (κ1) is 20.1. The van der Waals surface area contributed by atoms with Gasteiger partial charge in [-0.1, -0.05) is 56.5 Å². The molecule has 0 bridgehead atoms. The van der Waals surface area contributed by atoms with Gasteiger partial charge in [-0.2, -0.15) is 4.98 Å². The molecule has 7 heteroatoms. The molecule has 7 nitrogen and oxygen atoms in total. The fourth-order valence-corrected chi connectivity index (χ4v) is 5.33. The number of anilines is 1. The molecule has 0 N–H and O–H groups in total. The molecule has 3 aromatic rings. The van der Waals surface area contributed by atoms with Crippen molar-refractivity contribution in [1.29, 1.82) is 0 Å². The minimum Gasteiger partial charge on any atom is -0.339 e. The molecular weight excluding hydrogens is 390 g/mol. The highest BCUT2D eigenvalue weighted by Crippen LogP contribution is 2.32. The van der Waals surface area contributed by atoms with Gasteiger partial charge in [0.05, 0.1) is 0 Å². The van der Waals surface area contributed by atoms with E-state index in [2.05, 4.69) is 16.4 Å². The molecule has 0 amide bonds. The van der Waals surface area contributed by atoms with E-state index in [1.807, 2.05) is 30.3 Å². The van der Waals surface area contributed by atoms with Gasteiger partial charge in [0.1, 0.15) is 0 Å². The summed E-state index contributed by atoms with van der Waals surface area (Å²) in [5, 5.41) is 0. The summed E-state index contributed by atoms with van der Waals surface area (Å²) in [4.78, 5) is 33.8. The van der Waals surface area contributed by atoms with Crippen molar-refractivity contribution in [2.24, 2.45) is 13.0 Å². The number of imidazole rings is 1. The van der Waals surface area contributed by atoms with Gasteiger partial charge < -0.3 is 9.47 Å². The molecule has 1 unspecified atom stereocenters. The molecule has 2 aliphatic rings. The molecule has 31 heavy (non-hydrogen) atoms. The predicted molar refractivity (Wildman–Crippen MR) is 123 cm³/mol. The fourth-order valence-electron chi connectivity index (χ4n) is 5.33. The van der Waals surface area contributed by atoms with Crippen LogP contribution in [0.1, 0.15) is 44.6 Å². The van der Waals surface area contributed by atoms with Gasteiger partial charge in [0.25, 0.3) is 5.56 Å². The van der Waals surface area contributed by atoms with Gasteiger partial charge in [-0.05, 0) is 30.7 Å². The summed E-state index contributed by atoms with van der Waals surface area (Å²) in [5.41, 5.74) is 1.68. The highest BCUT2D eigenvalue weighted by molar-refractivity contribution is 5.75. The van der Waals surface area contributed by atoms with E-state index in [9.17, 15) is 9.59 Å². The summed E-state index contributed by atoms with van der Waals surface area (Å²) in [6, 6.07) is 10.5. The maximum Gasteiger partial charge on any atom is 0.332 e. The van der Waals surface area contributed by atoms with Crippen molar-refractivity contribution in [3.63, 3.8) is 0 Å². The van der Waals surface area contributed by atoms with Crippen molar-refractivity contribution in [2.75, 3.05) is 11.4 Å². The summed E-state index contributed by atoms with van der Waals surface area (Å²) < 4.78 is 5.02. The van der Waals surface area contributed by atoms with Crippen LogP contribution in [0.4, 0.5) is 5.95 Å². The van der Waals surface area contributed by atoms with Crippen LogP contribution in [0.3, 0.4) is 0 Å². The SMILES string of the molecule is CC1CN(C2CCCCC2)c2nc3c(c(=O)n(CCc4ccccc4)c(=O)n3C)n2C1. The Morgan fingerprint density at radius 2 is 1.77 bits per heavy atom. The largest absolute Gasteiger partial charge is 0.339 e. The van der Waals surface area contributed by atoms with Gasteiger partial charge in [0, 0.05) is 32.7 Å². The molecule has 3 heterocycles. The quantitative estimate of drug-likeness (QED) is 0.650. The molecule has 1 aliphatic carbocycles. The Hall–Kier alpha value is -2.83. The van der Waals surface area contributed by atoms with Crippen molar-refractivity contribution < 1.29 is 0 Å². The van der Waals surface area contributed by atoms with E-state index in [-0.39, 0.29) is 11.2 Å². The van der Waals surface area contributed by atoms with E-state index < -0.39 is 0 Å². The highest BCUT2D eigenvalue weighted by atomic mass is 16.2. The molecule has 5 rings (SSSR count). The molecular formula is C24H31N5O2. The highest BCUT2D eigenvalue weighted by Gasteiger charge is 2.33. The van der Waals surface area contributed by atoms with E-state index in [0.717, 1.165) is 24.6 Å². The van der Waals surface area contributed by atoms with Crippen molar-refractivity contribution in [1.82, 2.24) is 18.7 Å². The average molecular weight is 422 g/mol. The number of aryl methyl sites for hydroxylation is 2. The Morgan fingerprint density at radius 1 is 1.03 bits per heavy atom. The smallest absolute Gasteiger partial charge is 0.332 e. The second kappa shape index (κ2) is 8.02. The third-order valence-electron chi connectivity index (χ3n) is 6.95. The predicted octanol–water partition coefficient (Wildman–Crippen LogP) is 2.93. The van der Waals surface area contributed by atoms with Crippen LogP contribution in [0.2, 0.25) is 0 Å². The van der Waals surface area contributed by atoms with Crippen LogP contribution >= 0.6 is 0 Å². The zero-order valence-electron chi connectivity index (χ0n) is 18.5. The number of hydrogen-bond donors (Lipinski definition) is 0. The molecule has 0 radical (unpaired) electrons. The molecule has 1 aliphatic heterocycles. The summed E-state index contributed by atoms with van der Waals surface area (Å²) in [7, 11) is 1.73. The van der Waals surface area contributed by atoms with Crippen LogP contribution in [-0.4, -0.2) is 31.3 Å². The molecule has 1 aromatic carbocycles. The second-order valence-electron chi connectivity index (χ2n) is 9.28. The van der Waals surface area contributed by atoms with E-state index in [1.165, 1.54) is 36.7 Å². The normalized spacial score (nSPS) is 19.7. The van der Waals surface area contributed by atoms with Crippen LogP contribution in [0.15, 0.2) is 39.9 Å². The van der Waals surface area contributed by atoms with E-state index in [4.69, 9.17) is 4.98 Å². The molecule has 1 saturated carbocycles. The average Bonchev–Trinajstić information content (AvgIpc) is 3.18. The van der Waals surface area contributed by atoms with Crippen LogP contribution < -0.4 is 16.1 Å². The van der Waals surface area contributed by atoms with Crippen LogP contribution in [0, 0.1) is 5.92 Å². The molecule has 0 spiro atoms. The number of nitrogens with zero attached hydrogens (tertiary/aromatic N) is 5. The summed E-state index contributed by atoms with van der Waals surface area (Å²) >= 11 is 0. The van der Waals surface area contributed by atoms with Gasteiger partial charge >= 0.3 is 5.69 Å². The van der Waals surface area contributed by atoms with Crippen molar-refractivity contribution in [3.05, 3.63) is 56.7 Å². The first-order chi connectivity index (χ1) is 15.0. The Kier molecular flexibility index (Phi) is 5.20. The summed E-state index contributed by atoms with van der Waals surface area (Å²) in [5.74, 6) is 1.30. The van der Waals surface area contributed by atoms with E-state index >= 15 is 0 Å². The van der Waals surface area contributed by atoms with Gasteiger partial charge in [-0.15, -0.1) is 0 Å². The molecule has 2 aromatic heterocycles. The maximum absolute atomic E-state index is 13.5. The molecule has 1 atom stereocenters. The molecule has 1 fully saturated rings. The number of rotatable bonds is 4. The number of hydrogen-bond acceptors (Lipinski definition) is 4. The maximum atomic E-state index is 13.5. The topological polar surface area (TPSA) is 65.1 Å². The lowest BCUT2D eigenvalue weighted by molar-refractivity contribution is 0.354. The van der Waals surface area contributed by atoms with Gasteiger partial charge in [0.15, 0.2) is 11.2 Å². The monoisotopic (exact) mass is 421 g/mol. The minimum atomic E-state index is -0.291. The van der Waals surface area contributed by atoms with Crippen molar-refractivity contribution in [3.8, 4) is 0 Å². The summed E-state index contributed by atoms with van der Waals surface area (Å²) in [6.07, 6.45) is 6.80. The number of benzene rings is 1. The Labute approximate surface area is 181 Å². The second-order valence-corrected chi connectivity index (χ2v) is 9.28. The third kappa shape index (κ3) is 3.50. The zero-order chi connectivity index (χ0) is 21.5. The van der Waals surface area contributed by atoms with Gasteiger partial charge in [-0.3, -0.25) is 13.9 Å². The van der Waals surface area contributed by atoms with Crippen LogP contribution in [0.5, 0.6) is 0 Å². The lowest BCUT2D eigenvalue weighted by Crippen LogP contribution is -2.45. The first-order valence-electron chi connectivity index (χ1n) is 11.5. The fraction of sp³-hybridized carbons (Fsp3) is 0.542. The standard InChI is InChI=1S/C24H31N5O2/c1-17-15-28(19-11-7-4-8-12-19)23-25-21-20(29(23)16-17)22(30)27(24(31)26(21)2)14-13-18-9-5-3-6-10-18/h3,5-6,9-10,17,19H,4,7-8,11-16H2,1-2H3. The Morgan fingerprint density at radius 3 is 2.52 bits per heavy atom. The van der Waals surface area contributed by atoms with Gasteiger partial charge in [-0.25, -0.2) is 4.79 Å². The molecule has 164 valence electrons. The third-order valence-corrected chi connectivity index (χ3v) is 6.95. The minimum absolute atomic E-state index is 0.217. The van der Waals surface area contributed by atoms with Crippen molar-refractivity contribution in [2.45, 2.75) is 64.6 Å². The lowest BCUT2D eigenvalue weighted by Gasteiger charge is -2.40. The van der Waals surface area contributed by atoms with Crippen LogP contribution in [0.25, 0.3) is 11.2 Å². The first-order valence-corrected chi connectivity index (χ1v) is 11.5. The molecule has 0 saturated heterocycles. The van der Waals surface area contributed by atoms with Gasteiger partial charge in [0.2, 0.25) is 5.95 Å². The van der Waals surface area contributed by atoms with Crippen LogP contribution in [-0.2, 0) is 26.6 Å². The number of fused-ring (bicyclic) bond motifs is 3. The Balaban J connectivity index is 1.60. The van der Waals surface area contributed by atoms with E-state index in [0.29, 0.717) is 36.1 Å². The summed E-state index contributed by atoms with van der Waals surface area (Å²) in [6.45, 7) is 4.33. The van der Waals surface area contributed by atoms with Crippen molar-refractivity contribution >= 4 is 17.1 Å². The Bertz CT molecular complexity index is 1200. The number of aromatic nitrogens is 4. The van der Waals surface area contributed by atoms with E-state index in [1.54, 1.807) is 11.6 Å².